The second kappa shape index (κ2) is 4.76. The molecule has 0 aromatic carbocycles. The summed E-state index contributed by atoms with van der Waals surface area (Å²) < 4.78 is 10.8. The Labute approximate surface area is 108 Å². The molecule has 2 fully saturated rings. The van der Waals surface area contributed by atoms with Gasteiger partial charge in [0.1, 0.15) is 0 Å². The van der Waals surface area contributed by atoms with Crippen molar-refractivity contribution >= 4 is 0 Å². The third kappa shape index (κ3) is 2.05. The van der Waals surface area contributed by atoms with Gasteiger partial charge in [0.2, 0.25) is 0 Å². The van der Waals surface area contributed by atoms with Gasteiger partial charge in [-0.3, -0.25) is 4.90 Å². The van der Waals surface area contributed by atoms with Gasteiger partial charge in [-0.05, 0) is 38.3 Å². The maximum Gasteiger partial charge on any atom is 0.257 e. The van der Waals surface area contributed by atoms with Gasteiger partial charge in [-0.25, -0.2) is 4.98 Å². The van der Waals surface area contributed by atoms with Gasteiger partial charge in [-0.1, -0.05) is 0 Å². The highest BCUT2D eigenvalue weighted by molar-refractivity contribution is 5.36. The highest BCUT2D eigenvalue weighted by Gasteiger charge is 2.43. The summed E-state index contributed by atoms with van der Waals surface area (Å²) in [4.78, 5) is 7.16. The molecule has 0 amide bonds. The highest BCUT2D eigenvalue weighted by Crippen LogP contribution is 2.42. The van der Waals surface area contributed by atoms with E-state index in [1.165, 1.54) is 25.8 Å². The van der Waals surface area contributed by atoms with Crippen molar-refractivity contribution in [2.45, 2.75) is 38.3 Å². The second-order valence-corrected chi connectivity index (χ2v) is 4.97. The van der Waals surface area contributed by atoms with Crippen molar-refractivity contribution in [3.63, 3.8) is 0 Å². The zero-order valence-corrected chi connectivity index (χ0v) is 11.1. The summed E-state index contributed by atoms with van der Waals surface area (Å²) in [6.07, 6.45) is 3.87. The first-order chi connectivity index (χ1) is 8.83. The Bertz CT molecular complexity index is 436. The fraction of sp³-hybridized carbons (Fsp3) is 0.643. The summed E-state index contributed by atoms with van der Waals surface area (Å²) in [6.45, 7) is 3.84. The van der Waals surface area contributed by atoms with Crippen LogP contribution in [0.1, 0.15) is 37.9 Å². The number of pyridine rings is 1. The first kappa shape index (κ1) is 11.8. The standard InChI is InChI=1S/C14H20N2O2/c1-3-18-13-8-7-11(15-14(13)17-2)12-6-4-5-10-9-16(10)12/h7-8,10,12H,3-6,9H2,1-2H3. The summed E-state index contributed by atoms with van der Waals surface area (Å²) >= 11 is 0. The molecule has 0 bridgehead atoms. The van der Waals surface area contributed by atoms with E-state index in [0.717, 1.165) is 17.5 Å². The lowest BCUT2D eigenvalue weighted by atomic mass is 10.0. The van der Waals surface area contributed by atoms with Gasteiger partial charge >= 0.3 is 0 Å². The van der Waals surface area contributed by atoms with E-state index in [0.29, 0.717) is 18.5 Å². The molecular formula is C14H20N2O2. The Morgan fingerprint density at radius 3 is 3.06 bits per heavy atom. The van der Waals surface area contributed by atoms with Gasteiger partial charge in [0.05, 0.1) is 25.5 Å². The van der Waals surface area contributed by atoms with Crippen LogP contribution in [0.3, 0.4) is 0 Å². The average molecular weight is 248 g/mol. The lowest BCUT2D eigenvalue weighted by Gasteiger charge is -2.23. The van der Waals surface area contributed by atoms with Crippen molar-refractivity contribution in [1.29, 1.82) is 0 Å². The van der Waals surface area contributed by atoms with Crippen molar-refractivity contribution in [3.8, 4) is 11.6 Å². The minimum Gasteiger partial charge on any atom is -0.488 e. The molecule has 2 aliphatic rings. The summed E-state index contributed by atoms with van der Waals surface area (Å²) in [5, 5.41) is 0. The molecule has 1 aromatic heterocycles. The molecule has 3 rings (SSSR count). The predicted octanol–water partition coefficient (Wildman–Crippen LogP) is 2.40. The Balaban J connectivity index is 1.84. The number of rotatable bonds is 4. The molecule has 0 N–H and O–H groups in total. The van der Waals surface area contributed by atoms with Crippen LogP contribution in [-0.4, -0.2) is 36.2 Å². The fourth-order valence-electron chi connectivity index (χ4n) is 2.90. The van der Waals surface area contributed by atoms with Crippen LogP contribution in [0.2, 0.25) is 0 Å². The van der Waals surface area contributed by atoms with E-state index in [9.17, 15) is 0 Å². The van der Waals surface area contributed by atoms with Gasteiger partial charge in [0.25, 0.3) is 5.88 Å². The van der Waals surface area contributed by atoms with Gasteiger partial charge in [0, 0.05) is 12.6 Å². The normalized spacial score (nSPS) is 29.6. The minimum atomic E-state index is 0.480. The first-order valence-corrected chi connectivity index (χ1v) is 6.77. The van der Waals surface area contributed by atoms with E-state index in [2.05, 4.69) is 16.0 Å². The molecule has 18 heavy (non-hydrogen) atoms. The Hall–Kier alpha value is -1.29. The summed E-state index contributed by atoms with van der Waals surface area (Å²) in [5.74, 6) is 1.35. The Kier molecular flexibility index (Phi) is 3.12. The van der Waals surface area contributed by atoms with Crippen molar-refractivity contribution in [3.05, 3.63) is 17.8 Å². The van der Waals surface area contributed by atoms with E-state index in [1.54, 1.807) is 7.11 Å². The van der Waals surface area contributed by atoms with Crippen LogP contribution >= 0.6 is 0 Å². The predicted molar refractivity (Wildman–Crippen MR) is 69.0 cm³/mol. The second-order valence-electron chi connectivity index (χ2n) is 4.97. The van der Waals surface area contributed by atoms with Gasteiger partial charge in [0.15, 0.2) is 5.75 Å². The molecular weight excluding hydrogens is 228 g/mol. The highest BCUT2D eigenvalue weighted by atomic mass is 16.5. The topological polar surface area (TPSA) is 34.4 Å². The molecule has 3 atom stereocenters. The van der Waals surface area contributed by atoms with E-state index in [1.807, 2.05) is 13.0 Å². The maximum atomic E-state index is 5.51. The molecule has 3 unspecified atom stereocenters. The first-order valence-electron chi connectivity index (χ1n) is 6.77. The van der Waals surface area contributed by atoms with Crippen LogP contribution in [0.25, 0.3) is 0 Å². The number of hydrogen-bond acceptors (Lipinski definition) is 4. The number of piperidine rings is 1. The third-order valence-electron chi connectivity index (χ3n) is 3.85. The molecule has 4 heteroatoms. The summed E-state index contributed by atoms with van der Waals surface area (Å²) in [5.41, 5.74) is 1.12. The van der Waals surface area contributed by atoms with Gasteiger partial charge < -0.3 is 9.47 Å². The zero-order chi connectivity index (χ0) is 12.5. The molecule has 98 valence electrons. The molecule has 0 aliphatic carbocycles. The van der Waals surface area contributed by atoms with E-state index in [-0.39, 0.29) is 0 Å². The fourth-order valence-corrected chi connectivity index (χ4v) is 2.90. The molecule has 1 aromatic rings. The molecule has 2 saturated heterocycles. The summed E-state index contributed by atoms with van der Waals surface area (Å²) in [6, 6.07) is 5.35. The van der Waals surface area contributed by atoms with Crippen molar-refractivity contribution in [1.82, 2.24) is 9.88 Å². The summed E-state index contributed by atoms with van der Waals surface area (Å²) in [7, 11) is 1.65. The molecule has 0 saturated carbocycles. The SMILES string of the molecule is CCOc1ccc(C2CCCC3CN32)nc1OC. The van der Waals surface area contributed by atoms with Crippen LogP contribution in [0.5, 0.6) is 11.6 Å². The number of ether oxygens (including phenoxy) is 2. The smallest absolute Gasteiger partial charge is 0.257 e. The molecule has 4 nitrogen and oxygen atoms in total. The number of fused-ring (bicyclic) bond motifs is 1. The maximum absolute atomic E-state index is 5.51. The van der Waals surface area contributed by atoms with Gasteiger partial charge in [-0.2, -0.15) is 0 Å². The third-order valence-corrected chi connectivity index (χ3v) is 3.85. The average Bonchev–Trinajstić information content (AvgIpc) is 3.18. The number of aromatic nitrogens is 1. The minimum absolute atomic E-state index is 0.480. The van der Waals surface area contributed by atoms with Crippen LogP contribution in [0.4, 0.5) is 0 Å². The Morgan fingerprint density at radius 2 is 2.28 bits per heavy atom. The van der Waals surface area contributed by atoms with Crippen molar-refractivity contribution in [2.75, 3.05) is 20.3 Å². The zero-order valence-electron chi connectivity index (χ0n) is 11.1. The van der Waals surface area contributed by atoms with E-state index >= 15 is 0 Å². The van der Waals surface area contributed by atoms with Crippen LogP contribution in [0.15, 0.2) is 12.1 Å². The van der Waals surface area contributed by atoms with Crippen molar-refractivity contribution in [2.24, 2.45) is 0 Å². The molecule has 0 radical (unpaired) electrons. The molecule has 0 spiro atoms. The van der Waals surface area contributed by atoms with Crippen molar-refractivity contribution < 1.29 is 9.47 Å². The van der Waals surface area contributed by atoms with E-state index in [4.69, 9.17) is 9.47 Å². The number of nitrogens with zero attached hydrogens (tertiary/aromatic N) is 2. The lowest BCUT2D eigenvalue weighted by molar-refractivity contribution is 0.281. The van der Waals surface area contributed by atoms with Crippen LogP contribution < -0.4 is 9.47 Å². The molecule has 2 aliphatic heterocycles. The largest absolute Gasteiger partial charge is 0.488 e. The monoisotopic (exact) mass is 248 g/mol. The van der Waals surface area contributed by atoms with Gasteiger partial charge in [-0.15, -0.1) is 0 Å². The lowest BCUT2D eigenvalue weighted by Crippen LogP contribution is -2.18. The quantitative estimate of drug-likeness (QED) is 0.766. The van der Waals surface area contributed by atoms with E-state index < -0.39 is 0 Å². The number of hydrogen-bond donors (Lipinski definition) is 0. The molecule has 3 heterocycles. The van der Waals surface area contributed by atoms with Crippen LogP contribution in [-0.2, 0) is 0 Å². The Morgan fingerprint density at radius 1 is 1.39 bits per heavy atom. The van der Waals surface area contributed by atoms with Crippen LogP contribution in [0, 0.1) is 0 Å². The number of methoxy groups -OCH3 is 1.